The van der Waals surface area contributed by atoms with Gasteiger partial charge in [-0.05, 0) is 30.8 Å². The number of hydrogen-bond acceptors (Lipinski definition) is 3. The number of likely N-dealkylation sites (N-methyl/N-ethyl adjacent to an activating group) is 1. The lowest BCUT2D eigenvalue weighted by Gasteiger charge is -2.23. The number of thiophene rings is 1. The summed E-state index contributed by atoms with van der Waals surface area (Å²) >= 11 is 1.83. The Labute approximate surface area is 110 Å². The van der Waals surface area contributed by atoms with Crippen molar-refractivity contribution < 1.29 is 0 Å². The van der Waals surface area contributed by atoms with E-state index in [1.165, 1.54) is 11.4 Å². The molecular formula is C14H26N2S. The summed E-state index contributed by atoms with van der Waals surface area (Å²) in [6, 6.07) is 4.80. The smallest absolute Gasteiger partial charge is 0.0386 e. The van der Waals surface area contributed by atoms with Crippen LogP contribution in [0.2, 0.25) is 0 Å². The van der Waals surface area contributed by atoms with E-state index in [0.29, 0.717) is 6.04 Å². The molecule has 0 bridgehead atoms. The molecule has 1 rings (SSSR count). The van der Waals surface area contributed by atoms with Crippen molar-refractivity contribution in [1.82, 2.24) is 10.2 Å². The summed E-state index contributed by atoms with van der Waals surface area (Å²) in [5.41, 5.74) is 0. The van der Waals surface area contributed by atoms with Crippen molar-refractivity contribution in [3.63, 3.8) is 0 Å². The number of hydrogen-bond donors (Lipinski definition) is 1. The monoisotopic (exact) mass is 254 g/mol. The first-order valence-electron chi connectivity index (χ1n) is 6.62. The fourth-order valence-corrected chi connectivity index (χ4v) is 2.73. The van der Waals surface area contributed by atoms with Gasteiger partial charge in [-0.2, -0.15) is 0 Å². The Hall–Kier alpha value is -0.380. The van der Waals surface area contributed by atoms with Crippen LogP contribution in [0.3, 0.4) is 0 Å². The molecule has 2 nitrogen and oxygen atoms in total. The average molecular weight is 254 g/mol. The van der Waals surface area contributed by atoms with E-state index in [1.54, 1.807) is 0 Å². The number of rotatable bonds is 8. The Morgan fingerprint density at radius 3 is 2.65 bits per heavy atom. The molecule has 0 aliphatic heterocycles. The molecule has 0 aliphatic carbocycles. The predicted octanol–water partition coefficient (Wildman–Crippen LogP) is 3.38. The first-order chi connectivity index (χ1) is 8.13. The third-order valence-corrected chi connectivity index (χ3v) is 3.97. The molecule has 1 N–H and O–H groups in total. The van der Waals surface area contributed by atoms with Gasteiger partial charge in [0.15, 0.2) is 0 Å². The largest absolute Gasteiger partial charge is 0.308 e. The van der Waals surface area contributed by atoms with Crippen LogP contribution in [0.5, 0.6) is 0 Å². The second-order valence-corrected chi connectivity index (χ2v) is 5.96. The van der Waals surface area contributed by atoms with Gasteiger partial charge in [0.2, 0.25) is 0 Å². The van der Waals surface area contributed by atoms with Crippen LogP contribution < -0.4 is 5.32 Å². The van der Waals surface area contributed by atoms with Crippen LogP contribution in [0.15, 0.2) is 17.5 Å². The Morgan fingerprint density at radius 2 is 2.12 bits per heavy atom. The summed E-state index contributed by atoms with van der Waals surface area (Å²) in [5.74, 6) is 0.754. The molecule has 1 unspecified atom stereocenters. The average Bonchev–Trinajstić information content (AvgIpc) is 2.80. The Kier molecular flexibility index (Phi) is 6.78. The van der Waals surface area contributed by atoms with E-state index in [4.69, 9.17) is 0 Å². The summed E-state index contributed by atoms with van der Waals surface area (Å²) in [7, 11) is 0. The minimum atomic E-state index is 0.479. The van der Waals surface area contributed by atoms with Gasteiger partial charge in [0.1, 0.15) is 0 Å². The molecule has 0 saturated heterocycles. The van der Waals surface area contributed by atoms with Gasteiger partial charge in [0.05, 0.1) is 0 Å². The molecule has 0 fully saturated rings. The molecule has 98 valence electrons. The summed E-state index contributed by atoms with van der Waals surface area (Å²) < 4.78 is 0. The summed E-state index contributed by atoms with van der Waals surface area (Å²) in [4.78, 5) is 3.94. The molecule has 0 aromatic carbocycles. The second kappa shape index (κ2) is 7.85. The maximum atomic E-state index is 3.59. The molecule has 1 atom stereocenters. The van der Waals surface area contributed by atoms with Crippen molar-refractivity contribution in [3.8, 4) is 0 Å². The van der Waals surface area contributed by atoms with Crippen molar-refractivity contribution in [2.45, 2.75) is 33.7 Å². The van der Waals surface area contributed by atoms with Crippen LogP contribution in [0.1, 0.15) is 38.6 Å². The predicted molar refractivity (Wildman–Crippen MR) is 77.7 cm³/mol. The van der Waals surface area contributed by atoms with Gasteiger partial charge in [-0.25, -0.2) is 0 Å². The van der Waals surface area contributed by atoms with Crippen LogP contribution in [0.4, 0.5) is 0 Å². The van der Waals surface area contributed by atoms with E-state index < -0.39 is 0 Å². The molecule has 0 radical (unpaired) electrons. The van der Waals surface area contributed by atoms with Crippen molar-refractivity contribution in [1.29, 1.82) is 0 Å². The van der Waals surface area contributed by atoms with Crippen molar-refractivity contribution in [3.05, 3.63) is 22.4 Å². The third-order valence-electron chi connectivity index (χ3n) is 2.92. The molecule has 0 aliphatic rings. The lowest BCUT2D eigenvalue weighted by atomic mass is 10.2. The Balaban J connectivity index is 2.22. The van der Waals surface area contributed by atoms with Crippen LogP contribution >= 0.6 is 11.3 Å². The molecule has 0 spiro atoms. The summed E-state index contributed by atoms with van der Waals surface area (Å²) in [6.07, 6.45) is 0. The van der Waals surface area contributed by atoms with Gasteiger partial charge >= 0.3 is 0 Å². The van der Waals surface area contributed by atoms with E-state index >= 15 is 0 Å². The van der Waals surface area contributed by atoms with Gasteiger partial charge in [0, 0.05) is 30.6 Å². The molecule has 1 heterocycles. The molecule has 1 aromatic rings. The van der Waals surface area contributed by atoms with Gasteiger partial charge in [-0.1, -0.05) is 26.8 Å². The fraction of sp³-hybridized carbons (Fsp3) is 0.714. The van der Waals surface area contributed by atoms with E-state index in [9.17, 15) is 0 Å². The number of nitrogens with one attached hydrogen (secondary N) is 1. The van der Waals surface area contributed by atoms with Crippen LogP contribution in [-0.4, -0.2) is 31.1 Å². The Bertz CT molecular complexity index is 282. The van der Waals surface area contributed by atoms with Gasteiger partial charge < -0.3 is 10.2 Å². The second-order valence-electron chi connectivity index (χ2n) is 4.98. The van der Waals surface area contributed by atoms with E-state index in [-0.39, 0.29) is 0 Å². The standard InChI is InChI=1S/C14H26N2S/c1-5-16(11-12(2)3)9-8-15-13(4)14-7-6-10-17-14/h6-7,10,12-13,15H,5,8-9,11H2,1-4H3. The molecule has 3 heteroatoms. The fourth-order valence-electron chi connectivity index (χ4n) is 1.97. The first kappa shape index (κ1) is 14.7. The zero-order valence-electron chi connectivity index (χ0n) is 11.6. The lowest BCUT2D eigenvalue weighted by molar-refractivity contribution is 0.253. The highest BCUT2D eigenvalue weighted by atomic mass is 32.1. The van der Waals surface area contributed by atoms with Gasteiger partial charge in [-0.15, -0.1) is 11.3 Å². The highest BCUT2D eigenvalue weighted by Crippen LogP contribution is 2.17. The topological polar surface area (TPSA) is 15.3 Å². The highest BCUT2D eigenvalue weighted by Gasteiger charge is 2.07. The molecule has 0 amide bonds. The van der Waals surface area contributed by atoms with E-state index in [0.717, 1.165) is 25.6 Å². The zero-order chi connectivity index (χ0) is 12.7. The third kappa shape index (κ3) is 5.66. The number of nitrogens with zero attached hydrogens (tertiary/aromatic N) is 1. The minimum absolute atomic E-state index is 0.479. The maximum absolute atomic E-state index is 3.59. The zero-order valence-corrected chi connectivity index (χ0v) is 12.4. The minimum Gasteiger partial charge on any atom is -0.308 e. The van der Waals surface area contributed by atoms with Gasteiger partial charge in [0.25, 0.3) is 0 Å². The molecule has 17 heavy (non-hydrogen) atoms. The highest BCUT2D eigenvalue weighted by molar-refractivity contribution is 7.10. The van der Waals surface area contributed by atoms with E-state index in [2.05, 4.69) is 55.4 Å². The quantitative estimate of drug-likeness (QED) is 0.765. The molecule has 0 saturated carbocycles. The van der Waals surface area contributed by atoms with Crippen LogP contribution in [0, 0.1) is 5.92 Å². The van der Waals surface area contributed by atoms with Crippen LogP contribution in [-0.2, 0) is 0 Å². The van der Waals surface area contributed by atoms with Crippen molar-refractivity contribution >= 4 is 11.3 Å². The molecule has 1 aromatic heterocycles. The maximum Gasteiger partial charge on any atom is 0.0386 e. The Morgan fingerprint density at radius 1 is 1.35 bits per heavy atom. The molecular weight excluding hydrogens is 228 g/mol. The van der Waals surface area contributed by atoms with Crippen molar-refractivity contribution in [2.75, 3.05) is 26.2 Å². The first-order valence-corrected chi connectivity index (χ1v) is 7.50. The van der Waals surface area contributed by atoms with Gasteiger partial charge in [-0.3, -0.25) is 0 Å². The lowest BCUT2D eigenvalue weighted by Crippen LogP contribution is -2.35. The normalized spacial score (nSPS) is 13.5. The van der Waals surface area contributed by atoms with Crippen molar-refractivity contribution in [2.24, 2.45) is 5.92 Å². The SMILES string of the molecule is CCN(CCNC(C)c1cccs1)CC(C)C. The van der Waals surface area contributed by atoms with E-state index in [1.807, 2.05) is 11.3 Å². The van der Waals surface area contributed by atoms with Crippen LogP contribution in [0.25, 0.3) is 0 Å². The summed E-state index contributed by atoms with van der Waals surface area (Å²) in [6.45, 7) is 13.6. The summed E-state index contributed by atoms with van der Waals surface area (Å²) in [5, 5.41) is 5.74.